The van der Waals surface area contributed by atoms with Gasteiger partial charge in [-0.15, -0.1) is 0 Å². The molecular formula is C47H87N2NaO11S. The summed E-state index contributed by atoms with van der Waals surface area (Å²) < 4.78 is 56.8. The SMILES string of the molecule is CCCCCCCC/C=C\CCCCCCCC(=O)OCC(COC(=O)CCCCCCC/C=C\CCCCCCCC)OC(=O)NCCCNCCOCCOS(=O)(=O)[O-].[Na+]. The van der Waals surface area contributed by atoms with Gasteiger partial charge < -0.3 is 34.1 Å². The number of carbonyl (C=O) groups is 3. The molecule has 0 radical (unpaired) electrons. The standard InChI is InChI=1S/C47H88N2O11S.Na/c1-3-5-7-9-11-13-15-17-19-21-23-25-27-29-31-34-45(50)57-42-44(60-47(52)49-37-33-36-48-38-39-56-40-41-59-61(53,54)55)43-58-46(51)35-32-30-28-26-24-22-20-18-16-14-12-10-8-6-4-2;/h17-20,44,48H,3-16,21-43H2,1-2H3,(H,49,52)(H,53,54,55);/q;+1/p-1/b19-17-,20-18-;. The number of carbonyl (C=O) groups excluding carboxylic acids is 3. The fraction of sp³-hybridized carbons (Fsp3) is 0.851. The maximum atomic E-state index is 12.6. The molecule has 62 heavy (non-hydrogen) atoms. The van der Waals surface area contributed by atoms with E-state index in [0.29, 0.717) is 26.1 Å². The third-order valence-electron chi connectivity index (χ3n) is 10.1. The molecule has 0 aromatic heterocycles. The van der Waals surface area contributed by atoms with Gasteiger partial charge >= 0.3 is 47.6 Å². The van der Waals surface area contributed by atoms with Crippen molar-refractivity contribution < 1.29 is 80.0 Å². The van der Waals surface area contributed by atoms with Crippen LogP contribution in [-0.2, 0) is 43.1 Å². The fourth-order valence-corrected chi connectivity index (χ4v) is 6.75. The van der Waals surface area contributed by atoms with Gasteiger partial charge in [-0.3, -0.25) is 13.8 Å². The molecule has 358 valence electrons. The van der Waals surface area contributed by atoms with Crippen LogP contribution >= 0.6 is 0 Å². The van der Waals surface area contributed by atoms with Crippen molar-refractivity contribution in [2.24, 2.45) is 0 Å². The quantitative estimate of drug-likeness (QED) is 0.0116. The van der Waals surface area contributed by atoms with Crippen molar-refractivity contribution in [2.45, 2.75) is 206 Å². The molecule has 13 nitrogen and oxygen atoms in total. The van der Waals surface area contributed by atoms with Crippen LogP contribution in [0.4, 0.5) is 4.79 Å². The van der Waals surface area contributed by atoms with Crippen LogP contribution in [0.5, 0.6) is 0 Å². The molecule has 0 spiro atoms. The molecule has 0 bridgehead atoms. The second kappa shape index (κ2) is 48.9. The van der Waals surface area contributed by atoms with E-state index in [1.54, 1.807) is 0 Å². The molecule has 0 fully saturated rings. The first-order valence-electron chi connectivity index (χ1n) is 24.1. The molecule has 0 aromatic rings. The van der Waals surface area contributed by atoms with Gasteiger partial charge in [0.2, 0.25) is 10.4 Å². The van der Waals surface area contributed by atoms with Crippen LogP contribution in [0.2, 0.25) is 0 Å². The van der Waals surface area contributed by atoms with E-state index in [4.69, 9.17) is 18.9 Å². The Bertz CT molecular complexity index is 1130. The topological polar surface area (TPSA) is 179 Å². The smallest absolute Gasteiger partial charge is 0.726 e. The maximum Gasteiger partial charge on any atom is 1.00 e. The van der Waals surface area contributed by atoms with Crippen LogP contribution in [-0.4, -0.2) is 89.8 Å². The number of hydrogen-bond acceptors (Lipinski definition) is 12. The molecule has 2 N–H and O–H groups in total. The van der Waals surface area contributed by atoms with Crippen LogP contribution in [0.1, 0.15) is 200 Å². The van der Waals surface area contributed by atoms with Crippen LogP contribution in [0.3, 0.4) is 0 Å². The zero-order valence-corrected chi connectivity index (χ0v) is 42.3. The average Bonchev–Trinajstić information content (AvgIpc) is 3.23. The summed E-state index contributed by atoms with van der Waals surface area (Å²) in [6.07, 6.45) is 39.2. The van der Waals surface area contributed by atoms with Crippen LogP contribution in [0.15, 0.2) is 24.3 Å². The maximum absolute atomic E-state index is 12.6. The van der Waals surface area contributed by atoms with E-state index in [0.717, 1.165) is 77.0 Å². The van der Waals surface area contributed by atoms with E-state index >= 15 is 0 Å². The van der Waals surface area contributed by atoms with E-state index < -0.39 is 22.6 Å². The summed E-state index contributed by atoms with van der Waals surface area (Å²) in [4.78, 5) is 37.6. The first-order chi connectivity index (χ1) is 29.7. The van der Waals surface area contributed by atoms with Gasteiger partial charge in [-0.25, -0.2) is 13.2 Å². The molecular weight excluding hydrogens is 824 g/mol. The van der Waals surface area contributed by atoms with Gasteiger partial charge in [-0.2, -0.15) is 0 Å². The van der Waals surface area contributed by atoms with E-state index in [1.165, 1.54) is 89.9 Å². The molecule has 0 aliphatic carbocycles. The van der Waals surface area contributed by atoms with Crippen molar-refractivity contribution >= 4 is 28.4 Å². The van der Waals surface area contributed by atoms with Gasteiger partial charge in [0.05, 0.1) is 19.8 Å². The number of amides is 1. The summed E-state index contributed by atoms with van der Waals surface area (Å²) in [5, 5.41) is 5.77. The molecule has 0 saturated heterocycles. The molecule has 0 heterocycles. The first-order valence-corrected chi connectivity index (χ1v) is 25.5. The molecule has 0 aliphatic rings. The van der Waals surface area contributed by atoms with E-state index in [1.807, 2.05) is 0 Å². The number of ether oxygens (including phenoxy) is 4. The first kappa shape index (κ1) is 62.6. The second-order valence-corrected chi connectivity index (χ2v) is 17.0. The average molecular weight is 911 g/mol. The van der Waals surface area contributed by atoms with Gasteiger partial charge in [0, 0.05) is 25.9 Å². The molecule has 0 rings (SSSR count). The summed E-state index contributed by atoms with van der Waals surface area (Å²) in [5.74, 6) is -0.742. The number of allylic oxidation sites excluding steroid dienone is 4. The van der Waals surface area contributed by atoms with Crippen LogP contribution in [0, 0.1) is 0 Å². The second-order valence-electron chi connectivity index (χ2n) is 15.9. The minimum Gasteiger partial charge on any atom is -0.726 e. The fourth-order valence-electron chi connectivity index (χ4n) is 6.48. The Kier molecular flexibility index (Phi) is 49.4. The number of nitrogens with one attached hydrogen (secondary N) is 2. The summed E-state index contributed by atoms with van der Waals surface area (Å²) in [6, 6.07) is 0. The van der Waals surface area contributed by atoms with Crippen molar-refractivity contribution in [2.75, 3.05) is 52.7 Å². The van der Waals surface area contributed by atoms with Gasteiger partial charge in [-0.1, -0.05) is 141 Å². The third kappa shape index (κ3) is 51.1. The minimum atomic E-state index is -4.72. The Labute approximate surface area is 400 Å². The van der Waals surface area contributed by atoms with E-state index in [-0.39, 0.29) is 87.4 Å². The summed E-state index contributed by atoms with van der Waals surface area (Å²) in [6.45, 7) is 5.33. The van der Waals surface area contributed by atoms with Crippen molar-refractivity contribution in [1.82, 2.24) is 10.6 Å². The van der Waals surface area contributed by atoms with Crippen LogP contribution in [0.25, 0.3) is 0 Å². The monoisotopic (exact) mass is 911 g/mol. The Hall–Kier alpha value is -1.52. The summed E-state index contributed by atoms with van der Waals surface area (Å²) in [5.41, 5.74) is 0. The molecule has 15 heteroatoms. The number of unbranched alkanes of at least 4 members (excludes halogenated alkanes) is 22. The minimum absolute atomic E-state index is 0. The van der Waals surface area contributed by atoms with Crippen molar-refractivity contribution in [3.8, 4) is 0 Å². The van der Waals surface area contributed by atoms with Gasteiger partial charge in [0.25, 0.3) is 0 Å². The molecule has 0 atom stereocenters. The third-order valence-corrected chi connectivity index (χ3v) is 10.6. The zero-order chi connectivity index (χ0) is 44.8. The Morgan fingerprint density at radius 1 is 0.532 bits per heavy atom. The van der Waals surface area contributed by atoms with Gasteiger partial charge in [-0.05, 0) is 77.2 Å². The number of esters is 2. The van der Waals surface area contributed by atoms with Gasteiger partial charge in [0.15, 0.2) is 6.10 Å². The van der Waals surface area contributed by atoms with Gasteiger partial charge in [0.1, 0.15) is 13.2 Å². The zero-order valence-electron chi connectivity index (χ0n) is 39.4. The van der Waals surface area contributed by atoms with Crippen molar-refractivity contribution in [3.63, 3.8) is 0 Å². The number of rotatable bonds is 46. The normalized spacial score (nSPS) is 11.7. The Morgan fingerprint density at radius 2 is 0.952 bits per heavy atom. The van der Waals surface area contributed by atoms with E-state index in [9.17, 15) is 27.4 Å². The largest absolute Gasteiger partial charge is 1.00 e. The molecule has 0 aromatic carbocycles. The van der Waals surface area contributed by atoms with Crippen LogP contribution < -0.4 is 40.2 Å². The molecule has 1 amide bonds. The predicted octanol–water partition coefficient (Wildman–Crippen LogP) is 7.72. The Balaban J connectivity index is 0. The Morgan fingerprint density at radius 3 is 1.39 bits per heavy atom. The molecule has 0 unspecified atom stereocenters. The number of alkyl carbamates (subject to hydrolysis) is 1. The number of hydrogen-bond donors (Lipinski definition) is 2. The van der Waals surface area contributed by atoms with Crippen molar-refractivity contribution in [3.05, 3.63) is 24.3 Å². The molecule has 0 aliphatic heterocycles. The summed E-state index contributed by atoms with van der Waals surface area (Å²) >= 11 is 0. The molecule has 0 saturated carbocycles. The van der Waals surface area contributed by atoms with Crippen molar-refractivity contribution in [1.29, 1.82) is 0 Å². The van der Waals surface area contributed by atoms with E-state index in [2.05, 4.69) is 53.0 Å². The summed E-state index contributed by atoms with van der Waals surface area (Å²) in [7, 11) is -4.72. The predicted molar refractivity (Wildman–Crippen MR) is 243 cm³/mol.